The summed E-state index contributed by atoms with van der Waals surface area (Å²) in [4.78, 5) is 22.2. The predicted molar refractivity (Wildman–Crippen MR) is 73.2 cm³/mol. The van der Waals surface area contributed by atoms with Crippen molar-refractivity contribution in [2.45, 2.75) is 13.5 Å². The molecule has 2 aromatic rings. The summed E-state index contributed by atoms with van der Waals surface area (Å²) in [7, 11) is 0. The van der Waals surface area contributed by atoms with Gasteiger partial charge in [-0.2, -0.15) is 0 Å². The Hall–Kier alpha value is -2.26. The molecule has 3 heteroatoms. The third-order valence-electron chi connectivity index (χ3n) is 3.07. The minimum atomic E-state index is -0.155. The molecule has 96 valence electrons. The molecule has 0 amide bonds. The zero-order valence-electron chi connectivity index (χ0n) is 10.6. The van der Waals surface area contributed by atoms with Crippen LogP contribution in [0.25, 0.3) is 11.1 Å². The number of Topliss-reactive ketones (excluding diaryl/α,β-unsaturated/α-hetero) is 1. The number of hydrogen-bond acceptors (Lipinski definition) is 3. The molecule has 0 fully saturated rings. The summed E-state index contributed by atoms with van der Waals surface area (Å²) in [5.41, 5.74) is 3.56. The van der Waals surface area contributed by atoms with Gasteiger partial charge in [-0.3, -0.25) is 9.59 Å². The molecule has 0 aliphatic heterocycles. The average Bonchev–Trinajstić information content (AvgIpc) is 2.46. The van der Waals surface area contributed by atoms with Gasteiger partial charge < -0.3 is 5.11 Å². The van der Waals surface area contributed by atoms with Crippen molar-refractivity contribution >= 4 is 12.1 Å². The number of benzene rings is 2. The largest absolute Gasteiger partial charge is 0.392 e. The SMILES string of the molecule is CC(=O)c1ccc(-c2ccc(CO)c(C=O)c2)cc1. The maximum atomic E-state index is 11.2. The van der Waals surface area contributed by atoms with Crippen LogP contribution in [0.5, 0.6) is 0 Å². The third-order valence-corrected chi connectivity index (χ3v) is 3.07. The van der Waals surface area contributed by atoms with E-state index in [0.29, 0.717) is 16.7 Å². The zero-order chi connectivity index (χ0) is 13.8. The molecule has 3 nitrogen and oxygen atoms in total. The summed E-state index contributed by atoms with van der Waals surface area (Å²) < 4.78 is 0. The van der Waals surface area contributed by atoms with E-state index in [1.807, 2.05) is 18.2 Å². The van der Waals surface area contributed by atoms with Crippen LogP contribution in [0.3, 0.4) is 0 Å². The van der Waals surface area contributed by atoms with Crippen LogP contribution < -0.4 is 0 Å². The third kappa shape index (κ3) is 2.77. The summed E-state index contributed by atoms with van der Waals surface area (Å²) in [6.07, 6.45) is 0.735. The normalized spacial score (nSPS) is 10.2. The highest BCUT2D eigenvalue weighted by Crippen LogP contribution is 2.22. The maximum Gasteiger partial charge on any atom is 0.159 e. The molecule has 2 aromatic carbocycles. The minimum absolute atomic E-state index is 0.0239. The number of aldehydes is 1. The Morgan fingerprint density at radius 3 is 2.26 bits per heavy atom. The summed E-state index contributed by atoms with van der Waals surface area (Å²) in [6.45, 7) is 1.37. The van der Waals surface area contributed by atoms with Crippen molar-refractivity contribution < 1.29 is 14.7 Å². The van der Waals surface area contributed by atoms with E-state index in [1.165, 1.54) is 6.92 Å². The molecule has 0 unspecified atom stereocenters. The first-order valence-electron chi connectivity index (χ1n) is 5.96. The van der Waals surface area contributed by atoms with Crippen LogP contribution in [-0.4, -0.2) is 17.2 Å². The number of carbonyl (C=O) groups is 2. The monoisotopic (exact) mass is 254 g/mol. The van der Waals surface area contributed by atoms with Crippen molar-refractivity contribution in [3.05, 3.63) is 59.2 Å². The number of rotatable bonds is 4. The quantitative estimate of drug-likeness (QED) is 0.674. The molecule has 0 saturated carbocycles. The van der Waals surface area contributed by atoms with Crippen LogP contribution in [0.15, 0.2) is 42.5 Å². The Morgan fingerprint density at radius 2 is 1.74 bits per heavy atom. The maximum absolute atomic E-state index is 11.2. The molecule has 2 rings (SSSR count). The van der Waals surface area contributed by atoms with Crippen LogP contribution in [0, 0.1) is 0 Å². The number of aliphatic hydroxyl groups is 1. The van der Waals surface area contributed by atoms with Gasteiger partial charge in [-0.1, -0.05) is 36.4 Å². The van der Waals surface area contributed by atoms with E-state index < -0.39 is 0 Å². The zero-order valence-corrected chi connectivity index (χ0v) is 10.6. The standard InChI is InChI=1S/C16H14O3/c1-11(19)12-2-4-13(5-3-12)14-6-7-15(9-17)16(8-14)10-18/h2-8,10,17H,9H2,1H3. The van der Waals surface area contributed by atoms with E-state index in [4.69, 9.17) is 5.11 Å². The highest BCUT2D eigenvalue weighted by atomic mass is 16.3. The van der Waals surface area contributed by atoms with Crippen LogP contribution in [0.4, 0.5) is 0 Å². The fraction of sp³-hybridized carbons (Fsp3) is 0.125. The molecule has 19 heavy (non-hydrogen) atoms. The average molecular weight is 254 g/mol. The summed E-state index contributed by atoms with van der Waals surface area (Å²) in [6, 6.07) is 12.5. The van der Waals surface area contributed by atoms with Crippen molar-refractivity contribution in [2.24, 2.45) is 0 Å². The van der Waals surface area contributed by atoms with Crippen molar-refractivity contribution in [3.8, 4) is 11.1 Å². The molecule has 0 aliphatic rings. The van der Waals surface area contributed by atoms with Crippen molar-refractivity contribution in [1.82, 2.24) is 0 Å². The molecule has 0 heterocycles. The molecule has 0 bridgehead atoms. The second kappa shape index (κ2) is 5.59. The van der Waals surface area contributed by atoms with Gasteiger partial charge in [-0.05, 0) is 29.7 Å². The van der Waals surface area contributed by atoms with Gasteiger partial charge in [0, 0.05) is 11.1 Å². The Bertz CT molecular complexity index is 612. The molecule has 0 radical (unpaired) electrons. The molecule has 0 saturated heterocycles. The topological polar surface area (TPSA) is 54.4 Å². The van der Waals surface area contributed by atoms with Crippen molar-refractivity contribution in [2.75, 3.05) is 0 Å². The lowest BCUT2D eigenvalue weighted by Crippen LogP contribution is -1.94. The van der Waals surface area contributed by atoms with Gasteiger partial charge in [0.1, 0.15) is 6.29 Å². The van der Waals surface area contributed by atoms with E-state index >= 15 is 0 Å². The van der Waals surface area contributed by atoms with Gasteiger partial charge in [0.15, 0.2) is 5.78 Å². The highest BCUT2D eigenvalue weighted by Gasteiger charge is 2.05. The van der Waals surface area contributed by atoms with Gasteiger partial charge in [0.05, 0.1) is 6.61 Å². The lowest BCUT2D eigenvalue weighted by Gasteiger charge is -2.06. The summed E-state index contributed by atoms with van der Waals surface area (Å²) in [5.74, 6) is 0.0239. The number of aliphatic hydroxyl groups excluding tert-OH is 1. The molecule has 0 aromatic heterocycles. The Balaban J connectivity index is 2.41. The van der Waals surface area contributed by atoms with Crippen LogP contribution >= 0.6 is 0 Å². The molecule has 0 spiro atoms. The van der Waals surface area contributed by atoms with Crippen LogP contribution in [0.2, 0.25) is 0 Å². The lowest BCUT2D eigenvalue weighted by atomic mass is 9.98. The summed E-state index contributed by atoms with van der Waals surface area (Å²) in [5, 5.41) is 9.11. The smallest absolute Gasteiger partial charge is 0.159 e. The lowest BCUT2D eigenvalue weighted by molar-refractivity contribution is 0.101. The molecule has 1 N–H and O–H groups in total. The van der Waals surface area contributed by atoms with Crippen LogP contribution in [0.1, 0.15) is 33.2 Å². The Kier molecular flexibility index (Phi) is 3.88. The first-order valence-corrected chi connectivity index (χ1v) is 5.96. The molecule has 0 atom stereocenters. The van der Waals surface area contributed by atoms with Crippen molar-refractivity contribution in [1.29, 1.82) is 0 Å². The first kappa shape index (κ1) is 13.2. The van der Waals surface area contributed by atoms with Crippen LogP contribution in [-0.2, 0) is 6.61 Å². The highest BCUT2D eigenvalue weighted by molar-refractivity contribution is 5.94. The fourth-order valence-electron chi connectivity index (χ4n) is 1.93. The molecular weight excluding hydrogens is 240 g/mol. The van der Waals surface area contributed by atoms with Gasteiger partial charge in [-0.25, -0.2) is 0 Å². The fourth-order valence-corrected chi connectivity index (χ4v) is 1.93. The van der Waals surface area contributed by atoms with E-state index in [-0.39, 0.29) is 12.4 Å². The van der Waals surface area contributed by atoms with E-state index in [2.05, 4.69) is 0 Å². The second-order valence-electron chi connectivity index (χ2n) is 4.32. The Labute approximate surface area is 111 Å². The summed E-state index contributed by atoms with van der Waals surface area (Å²) >= 11 is 0. The molecular formula is C16H14O3. The number of ketones is 1. The van der Waals surface area contributed by atoms with E-state index in [1.54, 1.807) is 24.3 Å². The van der Waals surface area contributed by atoms with Gasteiger partial charge >= 0.3 is 0 Å². The first-order chi connectivity index (χ1) is 9.15. The number of hydrogen-bond donors (Lipinski definition) is 1. The van der Waals surface area contributed by atoms with E-state index in [0.717, 1.165) is 17.4 Å². The van der Waals surface area contributed by atoms with Gasteiger partial charge in [0.25, 0.3) is 0 Å². The second-order valence-corrected chi connectivity index (χ2v) is 4.32. The van der Waals surface area contributed by atoms with Gasteiger partial charge in [0.2, 0.25) is 0 Å². The van der Waals surface area contributed by atoms with E-state index in [9.17, 15) is 9.59 Å². The Morgan fingerprint density at radius 1 is 1.11 bits per heavy atom. The van der Waals surface area contributed by atoms with Gasteiger partial charge in [-0.15, -0.1) is 0 Å². The number of carbonyl (C=O) groups excluding carboxylic acids is 2. The van der Waals surface area contributed by atoms with Crippen molar-refractivity contribution in [3.63, 3.8) is 0 Å². The predicted octanol–water partition coefficient (Wildman–Crippen LogP) is 2.86. The molecule has 0 aliphatic carbocycles. The minimum Gasteiger partial charge on any atom is -0.392 e.